The Labute approximate surface area is 229 Å². The average Bonchev–Trinajstić information content (AvgIpc) is 3.57. The first-order chi connectivity index (χ1) is 18.2. The molecule has 0 saturated carbocycles. The van der Waals surface area contributed by atoms with Crippen LogP contribution in [0.25, 0.3) is 22.6 Å². The summed E-state index contributed by atoms with van der Waals surface area (Å²) in [4.78, 5) is 32.4. The van der Waals surface area contributed by atoms with Crippen LogP contribution in [0.3, 0.4) is 0 Å². The summed E-state index contributed by atoms with van der Waals surface area (Å²) in [5, 5.41) is 16.8. The number of hydrogen-bond donors (Lipinski definition) is 1. The van der Waals surface area contributed by atoms with Gasteiger partial charge in [0.25, 0.3) is 5.91 Å². The number of ether oxygens (including phenoxy) is 1. The van der Waals surface area contributed by atoms with Gasteiger partial charge in [0.15, 0.2) is 6.61 Å². The summed E-state index contributed by atoms with van der Waals surface area (Å²) in [5.41, 5.74) is 4.37. The van der Waals surface area contributed by atoms with Crippen molar-refractivity contribution in [2.45, 2.75) is 33.6 Å². The fourth-order valence-electron chi connectivity index (χ4n) is 4.77. The van der Waals surface area contributed by atoms with Crippen molar-refractivity contribution in [2.75, 3.05) is 11.9 Å². The van der Waals surface area contributed by atoms with E-state index in [1.807, 2.05) is 36.4 Å². The van der Waals surface area contributed by atoms with Crippen molar-refractivity contribution in [1.82, 2.24) is 4.98 Å². The van der Waals surface area contributed by atoms with Crippen LogP contribution in [0.5, 0.6) is 0 Å². The lowest BCUT2D eigenvalue weighted by Crippen LogP contribution is -2.29. The van der Waals surface area contributed by atoms with Crippen molar-refractivity contribution in [1.29, 1.82) is 5.26 Å². The molecular formula is C30H27N3O3S2. The Balaban J connectivity index is 1.53. The molecule has 0 radical (unpaired) electrons. The lowest BCUT2D eigenvalue weighted by atomic mass is 9.69. The van der Waals surface area contributed by atoms with Gasteiger partial charge in [-0.1, -0.05) is 45.0 Å². The number of carbonyl (C=O) groups is 2. The van der Waals surface area contributed by atoms with Gasteiger partial charge in [-0.2, -0.15) is 5.26 Å². The molecule has 38 heavy (non-hydrogen) atoms. The molecule has 1 aliphatic rings. The first-order valence-electron chi connectivity index (χ1n) is 12.3. The molecule has 8 heteroatoms. The Hall–Kier alpha value is -3.80. The van der Waals surface area contributed by atoms with Gasteiger partial charge in [0, 0.05) is 10.3 Å². The predicted molar refractivity (Wildman–Crippen MR) is 153 cm³/mol. The standard InChI is InChI=1S/C30H27N3O3S2/c1-30(2,3)20-13-19(14-21-7-6-11-37-21)27-23(15-20)26(22-8-4-5-9-24(22)32-27)29(35)36-17-25(34)33-28-18(16-31)10-12-38-28/h4-12,14,20H,13,15,17H2,1-3H3,(H,33,34)/b19-14-/t20-/m0/s1. The van der Waals surface area contributed by atoms with Gasteiger partial charge in [-0.05, 0) is 70.3 Å². The Morgan fingerprint density at radius 2 is 1.95 bits per heavy atom. The van der Waals surface area contributed by atoms with E-state index in [1.165, 1.54) is 11.3 Å². The summed E-state index contributed by atoms with van der Waals surface area (Å²) >= 11 is 2.92. The number of carbonyl (C=O) groups excluding carboxylic acids is 2. The highest BCUT2D eigenvalue weighted by Gasteiger charge is 2.35. The summed E-state index contributed by atoms with van der Waals surface area (Å²) in [6, 6.07) is 15.3. The second-order valence-corrected chi connectivity index (χ2v) is 12.3. The molecule has 0 bridgehead atoms. The third kappa shape index (κ3) is 5.26. The average molecular weight is 542 g/mol. The molecule has 1 aromatic carbocycles. The van der Waals surface area contributed by atoms with E-state index in [4.69, 9.17) is 9.72 Å². The molecule has 0 unspecified atom stereocenters. The van der Waals surface area contributed by atoms with E-state index in [1.54, 1.807) is 22.8 Å². The summed E-state index contributed by atoms with van der Waals surface area (Å²) < 4.78 is 5.57. The van der Waals surface area contributed by atoms with E-state index >= 15 is 0 Å². The minimum Gasteiger partial charge on any atom is -0.452 e. The maximum atomic E-state index is 13.6. The number of nitrogens with one attached hydrogen (secondary N) is 1. The summed E-state index contributed by atoms with van der Waals surface area (Å²) in [5.74, 6) is -0.746. The summed E-state index contributed by atoms with van der Waals surface area (Å²) in [7, 11) is 0. The fraction of sp³-hybridized carbons (Fsp3) is 0.267. The van der Waals surface area contributed by atoms with Crippen LogP contribution in [0.2, 0.25) is 0 Å². The second-order valence-electron chi connectivity index (χ2n) is 10.4. The monoisotopic (exact) mass is 541 g/mol. The van der Waals surface area contributed by atoms with Crippen molar-refractivity contribution in [3.05, 3.63) is 80.5 Å². The number of amides is 1. The van der Waals surface area contributed by atoms with Crippen LogP contribution in [0.1, 0.15) is 59.2 Å². The molecule has 3 heterocycles. The smallest absolute Gasteiger partial charge is 0.339 e. The largest absolute Gasteiger partial charge is 0.452 e. The first-order valence-corrected chi connectivity index (χ1v) is 14.1. The molecule has 3 aromatic heterocycles. The Kier molecular flexibility index (Phi) is 7.15. The van der Waals surface area contributed by atoms with Crippen LogP contribution in [-0.4, -0.2) is 23.5 Å². The van der Waals surface area contributed by atoms with Crippen molar-refractivity contribution >= 4 is 62.1 Å². The van der Waals surface area contributed by atoms with Gasteiger partial charge in [-0.25, -0.2) is 9.78 Å². The third-order valence-electron chi connectivity index (χ3n) is 6.88. The SMILES string of the molecule is CC(C)(C)[C@H]1C/C(=C/c2cccs2)c2nc3ccccc3c(C(=O)OCC(=O)Nc3sccc3C#N)c2C1. The molecular weight excluding hydrogens is 514 g/mol. The van der Waals surface area contributed by atoms with Gasteiger partial charge in [0.1, 0.15) is 11.1 Å². The van der Waals surface area contributed by atoms with Crippen LogP contribution < -0.4 is 5.32 Å². The molecule has 1 amide bonds. The molecule has 4 aromatic rings. The number of nitrogens with zero attached hydrogens (tertiary/aromatic N) is 2. The lowest BCUT2D eigenvalue weighted by Gasteiger charge is -2.36. The minimum atomic E-state index is -0.549. The zero-order valence-electron chi connectivity index (χ0n) is 21.4. The van der Waals surface area contributed by atoms with Crippen molar-refractivity contribution in [3.8, 4) is 6.07 Å². The highest BCUT2D eigenvalue weighted by atomic mass is 32.1. The van der Waals surface area contributed by atoms with Gasteiger partial charge >= 0.3 is 5.97 Å². The summed E-state index contributed by atoms with van der Waals surface area (Å²) in [6.45, 7) is 6.22. The number of fused-ring (bicyclic) bond motifs is 2. The van der Waals surface area contributed by atoms with Crippen LogP contribution in [0, 0.1) is 22.7 Å². The van der Waals surface area contributed by atoms with Crippen molar-refractivity contribution in [2.24, 2.45) is 11.3 Å². The molecule has 0 fully saturated rings. The molecule has 1 aliphatic carbocycles. The topological polar surface area (TPSA) is 92.1 Å². The van der Waals surface area contributed by atoms with Gasteiger partial charge < -0.3 is 10.1 Å². The number of nitriles is 1. The minimum absolute atomic E-state index is 0.0120. The molecule has 1 N–H and O–H groups in total. The Morgan fingerprint density at radius 1 is 1.13 bits per heavy atom. The number of allylic oxidation sites excluding steroid dienone is 1. The zero-order chi connectivity index (χ0) is 26.9. The van der Waals surface area contributed by atoms with E-state index in [-0.39, 0.29) is 5.41 Å². The van der Waals surface area contributed by atoms with Crippen molar-refractivity contribution < 1.29 is 14.3 Å². The highest BCUT2D eigenvalue weighted by Crippen LogP contribution is 2.45. The summed E-state index contributed by atoms with van der Waals surface area (Å²) in [6.07, 6.45) is 3.73. The number of hydrogen-bond acceptors (Lipinski definition) is 7. The molecule has 0 saturated heterocycles. The third-order valence-corrected chi connectivity index (χ3v) is 8.52. The van der Waals surface area contributed by atoms with E-state index in [0.29, 0.717) is 39.4 Å². The fourth-order valence-corrected chi connectivity index (χ4v) is 6.21. The molecule has 6 nitrogen and oxygen atoms in total. The number of esters is 1. The van der Waals surface area contributed by atoms with Crippen LogP contribution >= 0.6 is 22.7 Å². The lowest BCUT2D eigenvalue weighted by molar-refractivity contribution is -0.119. The number of benzene rings is 1. The van der Waals surface area contributed by atoms with Gasteiger partial charge in [-0.15, -0.1) is 22.7 Å². The second kappa shape index (κ2) is 10.5. The first kappa shape index (κ1) is 25.8. The molecule has 0 spiro atoms. The number of rotatable bonds is 5. The Bertz CT molecular complexity index is 1590. The van der Waals surface area contributed by atoms with E-state index in [0.717, 1.165) is 28.1 Å². The number of anilines is 1. The molecule has 0 aliphatic heterocycles. The van der Waals surface area contributed by atoms with Gasteiger partial charge in [0.05, 0.1) is 22.3 Å². The van der Waals surface area contributed by atoms with E-state index in [9.17, 15) is 14.9 Å². The predicted octanol–water partition coefficient (Wildman–Crippen LogP) is 7.17. The number of aromatic nitrogens is 1. The maximum Gasteiger partial charge on any atom is 0.339 e. The van der Waals surface area contributed by atoms with Gasteiger partial charge in [-0.3, -0.25) is 4.79 Å². The number of para-hydroxylation sites is 1. The Morgan fingerprint density at radius 3 is 2.68 bits per heavy atom. The van der Waals surface area contributed by atoms with E-state index < -0.39 is 18.5 Å². The van der Waals surface area contributed by atoms with Gasteiger partial charge in [0.2, 0.25) is 0 Å². The number of thiophene rings is 2. The van der Waals surface area contributed by atoms with Crippen LogP contribution in [0.15, 0.2) is 53.2 Å². The molecule has 192 valence electrons. The molecule has 1 atom stereocenters. The highest BCUT2D eigenvalue weighted by molar-refractivity contribution is 7.14. The normalized spacial score (nSPS) is 16.2. The maximum absolute atomic E-state index is 13.6. The molecule has 5 rings (SSSR count). The zero-order valence-corrected chi connectivity index (χ0v) is 23.0. The van der Waals surface area contributed by atoms with Crippen molar-refractivity contribution in [3.63, 3.8) is 0 Å². The van der Waals surface area contributed by atoms with Crippen LogP contribution in [-0.2, 0) is 16.0 Å². The number of pyridine rings is 1. The van der Waals surface area contributed by atoms with Crippen LogP contribution in [0.4, 0.5) is 5.00 Å². The van der Waals surface area contributed by atoms with E-state index in [2.05, 4.69) is 43.6 Å². The quantitative estimate of drug-likeness (QED) is 0.270.